The first-order valence-corrected chi connectivity index (χ1v) is 10.4. The molecule has 0 unspecified atom stereocenters. The smallest absolute Gasteiger partial charge is 0.339 e. The molecule has 1 fully saturated rings. The molecule has 3 rings (SSSR count). The van der Waals surface area contributed by atoms with Gasteiger partial charge in [0.1, 0.15) is 0 Å². The number of ether oxygens (including phenoxy) is 1. The Morgan fingerprint density at radius 3 is 2.96 bits per heavy atom. The number of hydrogen-bond donors (Lipinski definition) is 0. The lowest BCUT2D eigenvalue weighted by molar-refractivity contribution is 0.0368. The number of nitrogens with zero attached hydrogens (tertiary/aromatic N) is 1. The van der Waals surface area contributed by atoms with Crippen molar-refractivity contribution in [2.24, 2.45) is 5.92 Å². The van der Waals surface area contributed by atoms with Crippen LogP contribution >= 0.6 is 11.8 Å². The van der Waals surface area contributed by atoms with Gasteiger partial charge in [-0.05, 0) is 75.0 Å². The second-order valence-electron chi connectivity index (χ2n) is 6.98. The van der Waals surface area contributed by atoms with Crippen LogP contribution in [0.4, 0.5) is 0 Å². The molecule has 0 saturated carbocycles. The van der Waals surface area contributed by atoms with E-state index in [9.17, 15) is 4.79 Å². The fraction of sp³-hybridized carbons (Fsp3) is 0.650. The highest BCUT2D eigenvalue weighted by Gasteiger charge is 2.23. The van der Waals surface area contributed by atoms with Crippen molar-refractivity contribution >= 4 is 17.7 Å². The van der Waals surface area contributed by atoms with Crippen molar-refractivity contribution in [3.63, 3.8) is 0 Å². The zero-order valence-corrected chi connectivity index (χ0v) is 15.6. The summed E-state index contributed by atoms with van der Waals surface area (Å²) in [6.45, 7) is 6.34. The number of piperidine rings is 1. The van der Waals surface area contributed by atoms with Gasteiger partial charge in [-0.2, -0.15) is 0 Å². The maximum atomic E-state index is 12.5. The molecule has 0 atom stereocenters. The minimum Gasteiger partial charge on any atom is -0.462 e. The van der Waals surface area contributed by atoms with E-state index >= 15 is 0 Å². The van der Waals surface area contributed by atoms with Gasteiger partial charge in [0, 0.05) is 4.90 Å². The standard InChI is InChI=1S/C20H29NO2S/c1-2-3-11-21-12-9-16(10-13-21)15-23-20(22)18-8-4-6-17-7-5-14-24-19(17)18/h4,6,8,16H,2-3,5,7,9-15H2,1H3. The lowest BCUT2D eigenvalue weighted by Gasteiger charge is -2.31. The molecule has 0 aromatic heterocycles. The number of rotatable bonds is 6. The number of likely N-dealkylation sites (tertiary alicyclic amines) is 1. The molecule has 0 spiro atoms. The van der Waals surface area contributed by atoms with Crippen LogP contribution in [0.15, 0.2) is 23.1 Å². The van der Waals surface area contributed by atoms with Crippen LogP contribution in [0, 0.1) is 5.92 Å². The third kappa shape index (κ3) is 4.54. The molecule has 0 N–H and O–H groups in total. The highest BCUT2D eigenvalue weighted by atomic mass is 32.2. The van der Waals surface area contributed by atoms with E-state index in [-0.39, 0.29) is 5.97 Å². The Morgan fingerprint density at radius 1 is 1.33 bits per heavy atom. The number of hydrogen-bond acceptors (Lipinski definition) is 4. The molecule has 1 saturated heterocycles. The van der Waals surface area contributed by atoms with Crippen LogP contribution in [0.5, 0.6) is 0 Å². The molecule has 1 aromatic carbocycles. The average Bonchev–Trinajstić information content (AvgIpc) is 2.64. The van der Waals surface area contributed by atoms with E-state index < -0.39 is 0 Å². The minimum atomic E-state index is -0.130. The molecular formula is C20H29NO2S. The number of unbranched alkanes of at least 4 members (excludes halogenated alkanes) is 1. The van der Waals surface area contributed by atoms with E-state index in [1.54, 1.807) is 11.8 Å². The first kappa shape index (κ1) is 17.8. The first-order chi connectivity index (χ1) is 11.8. The number of esters is 1. The zero-order chi connectivity index (χ0) is 16.8. The van der Waals surface area contributed by atoms with Crippen LogP contribution < -0.4 is 0 Å². The summed E-state index contributed by atoms with van der Waals surface area (Å²) in [7, 11) is 0. The summed E-state index contributed by atoms with van der Waals surface area (Å²) < 4.78 is 5.68. The van der Waals surface area contributed by atoms with Gasteiger partial charge in [-0.25, -0.2) is 4.79 Å². The molecule has 132 valence electrons. The molecule has 3 nitrogen and oxygen atoms in total. The van der Waals surface area contributed by atoms with Crippen LogP contribution in [-0.2, 0) is 11.2 Å². The van der Waals surface area contributed by atoms with Crippen LogP contribution in [-0.4, -0.2) is 42.9 Å². The summed E-state index contributed by atoms with van der Waals surface area (Å²) in [5.74, 6) is 1.50. The molecule has 0 radical (unpaired) electrons. The third-order valence-electron chi connectivity index (χ3n) is 5.14. The normalized spacial score (nSPS) is 19.0. The molecule has 4 heteroatoms. The van der Waals surface area contributed by atoms with Crippen LogP contribution in [0.3, 0.4) is 0 Å². The SMILES string of the molecule is CCCCN1CCC(COC(=O)c2cccc3c2SCCC3)CC1. The Balaban J connectivity index is 1.48. The fourth-order valence-electron chi connectivity index (χ4n) is 3.58. The Bertz CT molecular complexity index is 553. The van der Waals surface area contributed by atoms with Crippen molar-refractivity contribution in [3.8, 4) is 0 Å². The van der Waals surface area contributed by atoms with E-state index in [0.717, 1.165) is 48.6 Å². The van der Waals surface area contributed by atoms with Crippen molar-refractivity contribution < 1.29 is 9.53 Å². The topological polar surface area (TPSA) is 29.5 Å². The second kappa shape index (κ2) is 8.91. The predicted molar refractivity (Wildman–Crippen MR) is 99.8 cm³/mol. The third-order valence-corrected chi connectivity index (χ3v) is 6.40. The summed E-state index contributed by atoms with van der Waals surface area (Å²) in [6.07, 6.45) is 7.14. The van der Waals surface area contributed by atoms with Gasteiger partial charge < -0.3 is 9.64 Å². The van der Waals surface area contributed by atoms with Gasteiger partial charge in [0.15, 0.2) is 0 Å². The monoisotopic (exact) mass is 347 g/mol. The first-order valence-electron chi connectivity index (χ1n) is 9.42. The summed E-state index contributed by atoms with van der Waals surface area (Å²) in [4.78, 5) is 16.2. The van der Waals surface area contributed by atoms with E-state index in [0.29, 0.717) is 12.5 Å². The van der Waals surface area contributed by atoms with Crippen LogP contribution in [0.1, 0.15) is 54.9 Å². The molecule has 0 bridgehead atoms. The number of aryl methyl sites for hydroxylation is 1. The Hall–Kier alpha value is -1.00. The van der Waals surface area contributed by atoms with Crippen molar-refractivity contribution in [2.75, 3.05) is 32.0 Å². The van der Waals surface area contributed by atoms with Crippen molar-refractivity contribution in [1.82, 2.24) is 4.90 Å². The highest BCUT2D eigenvalue weighted by molar-refractivity contribution is 7.99. The summed E-state index contributed by atoms with van der Waals surface area (Å²) in [5, 5.41) is 0. The average molecular weight is 348 g/mol. The predicted octanol–water partition coefficient (Wildman–Crippen LogP) is 4.39. The zero-order valence-electron chi connectivity index (χ0n) is 14.8. The lowest BCUT2D eigenvalue weighted by Crippen LogP contribution is -2.36. The van der Waals surface area contributed by atoms with Gasteiger partial charge in [-0.1, -0.05) is 25.5 Å². The lowest BCUT2D eigenvalue weighted by atomic mass is 9.97. The minimum absolute atomic E-state index is 0.130. The highest BCUT2D eigenvalue weighted by Crippen LogP contribution is 2.33. The van der Waals surface area contributed by atoms with Gasteiger partial charge >= 0.3 is 5.97 Å². The Morgan fingerprint density at radius 2 is 2.17 bits per heavy atom. The van der Waals surface area contributed by atoms with E-state index in [1.165, 1.54) is 31.4 Å². The maximum absolute atomic E-state index is 12.5. The Kier molecular flexibility index (Phi) is 6.61. The Labute approximate surface area is 150 Å². The van der Waals surface area contributed by atoms with Gasteiger partial charge in [-0.15, -0.1) is 11.8 Å². The summed E-state index contributed by atoms with van der Waals surface area (Å²) in [6, 6.07) is 6.06. The maximum Gasteiger partial charge on any atom is 0.339 e. The van der Waals surface area contributed by atoms with E-state index in [2.05, 4.69) is 17.9 Å². The fourth-order valence-corrected chi connectivity index (χ4v) is 4.73. The number of fused-ring (bicyclic) bond motifs is 1. The van der Waals surface area contributed by atoms with Crippen LogP contribution in [0.2, 0.25) is 0 Å². The molecule has 1 aromatic rings. The van der Waals surface area contributed by atoms with Crippen molar-refractivity contribution in [2.45, 2.75) is 50.3 Å². The van der Waals surface area contributed by atoms with Crippen LogP contribution in [0.25, 0.3) is 0 Å². The quantitative estimate of drug-likeness (QED) is 0.714. The number of benzene rings is 1. The molecule has 2 aliphatic heterocycles. The number of carbonyl (C=O) groups is 1. The van der Waals surface area contributed by atoms with Crippen molar-refractivity contribution in [1.29, 1.82) is 0 Å². The number of thioether (sulfide) groups is 1. The van der Waals surface area contributed by atoms with Gasteiger partial charge in [0.05, 0.1) is 12.2 Å². The summed E-state index contributed by atoms with van der Waals surface area (Å²) in [5.41, 5.74) is 2.09. The summed E-state index contributed by atoms with van der Waals surface area (Å²) >= 11 is 1.81. The molecular weight excluding hydrogens is 318 g/mol. The molecule has 2 heterocycles. The molecule has 24 heavy (non-hydrogen) atoms. The molecule has 0 aliphatic carbocycles. The van der Waals surface area contributed by atoms with E-state index in [1.807, 2.05) is 12.1 Å². The van der Waals surface area contributed by atoms with E-state index in [4.69, 9.17) is 4.74 Å². The largest absolute Gasteiger partial charge is 0.462 e. The molecule has 0 amide bonds. The number of carbonyl (C=O) groups excluding carboxylic acids is 1. The second-order valence-corrected chi connectivity index (χ2v) is 8.09. The molecule has 2 aliphatic rings. The van der Waals surface area contributed by atoms with Crippen molar-refractivity contribution in [3.05, 3.63) is 29.3 Å². The van der Waals surface area contributed by atoms with Gasteiger partial charge in [-0.3, -0.25) is 0 Å². The van der Waals surface area contributed by atoms with Gasteiger partial charge in [0.2, 0.25) is 0 Å². The van der Waals surface area contributed by atoms with Gasteiger partial charge in [0.25, 0.3) is 0 Å².